The molecule has 0 aliphatic carbocycles. The van der Waals surface area contributed by atoms with Gasteiger partial charge in [-0.25, -0.2) is 9.78 Å². The van der Waals surface area contributed by atoms with E-state index in [-0.39, 0.29) is 12.5 Å². The van der Waals surface area contributed by atoms with Crippen LogP contribution in [-0.2, 0) is 11.3 Å². The molecule has 0 saturated heterocycles. The molecule has 0 bridgehead atoms. The molecule has 2 heterocycles. The van der Waals surface area contributed by atoms with Crippen molar-refractivity contribution in [3.63, 3.8) is 0 Å². The number of aryl methyl sites for hydroxylation is 1. The van der Waals surface area contributed by atoms with E-state index < -0.39 is 5.97 Å². The molecule has 0 aliphatic rings. The molecule has 0 amide bonds. The molecule has 4 aromatic rings. The minimum Gasteiger partial charge on any atom is -0.452 e. The van der Waals surface area contributed by atoms with Crippen molar-refractivity contribution in [2.45, 2.75) is 20.5 Å². The van der Waals surface area contributed by atoms with E-state index in [0.29, 0.717) is 11.4 Å². The lowest BCUT2D eigenvalue weighted by atomic mass is 9.98. The maximum Gasteiger partial charge on any atom is 0.339 e. The number of ether oxygens (including phenoxy) is 1. The molecule has 0 N–H and O–H groups in total. The van der Waals surface area contributed by atoms with E-state index in [0.717, 1.165) is 27.7 Å². The second-order valence-electron chi connectivity index (χ2n) is 6.16. The summed E-state index contributed by atoms with van der Waals surface area (Å²) >= 11 is 0. The van der Waals surface area contributed by atoms with Crippen molar-refractivity contribution >= 4 is 16.9 Å². The van der Waals surface area contributed by atoms with Crippen LogP contribution in [0.2, 0.25) is 0 Å². The molecule has 0 fully saturated rings. The number of fused-ring (bicyclic) bond motifs is 1. The number of hydrogen-bond acceptors (Lipinski definition) is 6. The molecule has 4 rings (SSSR count). The first kappa shape index (κ1) is 16.9. The van der Waals surface area contributed by atoms with E-state index >= 15 is 0 Å². The van der Waals surface area contributed by atoms with Crippen molar-refractivity contribution in [3.05, 3.63) is 77.4 Å². The summed E-state index contributed by atoms with van der Waals surface area (Å²) in [4.78, 5) is 21.7. The molecular formula is C21H17N3O3. The first-order chi connectivity index (χ1) is 13.1. The number of hydrogen-bond donors (Lipinski definition) is 0. The van der Waals surface area contributed by atoms with Gasteiger partial charge < -0.3 is 9.26 Å². The van der Waals surface area contributed by atoms with Crippen molar-refractivity contribution in [2.24, 2.45) is 0 Å². The van der Waals surface area contributed by atoms with E-state index in [1.54, 1.807) is 6.92 Å². The predicted octanol–water partition coefficient (Wildman–Crippen LogP) is 4.26. The van der Waals surface area contributed by atoms with E-state index in [1.165, 1.54) is 0 Å². The van der Waals surface area contributed by atoms with Crippen LogP contribution in [0.3, 0.4) is 0 Å². The van der Waals surface area contributed by atoms with Crippen LogP contribution in [0, 0.1) is 13.8 Å². The number of aromatic nitrogens is 3. The molecule has 0 atom stereocenters. The maximum atomic E-state index is 12.9. The summed E-state index contributed by atoms with van der Waals surface area (Å²) in [7, 11) is 0. The fraction of sp³-hybridized carbons (Fsp3) is 0.143. The van der Waals surface area contributed by atoms with Gasteiger partial charge in [0.2, 0.25) is 0 Å². The molecule has 134 valence electrons. The molecule has 2 aromatic carbocycles. The first-order valence-corrected chi connectivity index (χ1v) is 8.54. The number of para-hydroxylation sites is 1. The quantitative estimate of drug-likeness (QED) is 0.507. The number of carbonyl (C=O) groups excluding carboxylic acids is 1. The normalized spacial score (nSPS) is 10.9. The molecule has 6 heteroatoms. The van der Waals surface area contributed by atoms with Gasteiger partial charge in [0.1, 0.15) is 0 Å². The van der Waals surface area contributed by atoms with Gasteiger partial charge >= 0.3 is 5.97 Å². The maximum absolute atomic E-state index is 12.9. The van der Waals surface area contributed by atoms with Gasteiger partial charge in [0, 0.05) is 10.9 Å². The summed E-state index contributed by atoms with van der Waals surface area (Å²) in [5, 5.41) is 4.45. The van der Waals surface area contributed by atoms with Gasteiger partial charge in [-0.2, -0.15) is 4.98 Å². The molecule has 0 saturated carbocycles. The van der Waals surface area contributed by atoms with Gasteiger partial charge in [-0.05, 0) is 25.5 Å². The van der Waals surface area contributed by atoms with Crippen LogP contribution in [0.4, 0.5) is 0 Å². The minimum absolute atomic E-state index is 0.0730. The van der Waals surface area contributed by atoms with Gasteiger partial charge in [-0.3, -0.25) is 0 Å². The molecule has 2 aromatic heterocycles. The fourth-order valence-electron chi connectivity index (χ4n) is 3.05. The molecule has 0 spiro atoms. The number of esters is 1. The standard InChI is InChI=1S/C21H17N3O3/c1-13-19(21(25)26-12-18-22-14(2)24-27-18)16-10-6-7-11-17(16)23-20(13)15-8-4-3-5-9-15/h3-11H,12H2,1-2H3. The summed E-state index contributed by atoms with van der Waals surface area (Å²) in [6.45, 7) is 3.52. The number of rotatable bonds is 4. The zero-order valence-electron chi connectivity index (χ0n) is 15.0. The van der Waals surface area contributed by atoms with Gasteiger partial charge in [-0.1, -0.05) is 53.7 Å². The summed E-state index contributed by atoms with van der Waals surface area (Å²) in [5.74, 6) is 0.317. The number of pyridine rings is 1. The van der Waals surface area contributed by atoms with E-state index in [2.05, 4.69) is 10.1 Å². The lowest BCUT2D eigenvalue weighted by Gasteiger charge is -2.13. The third kappa shape index (κ3) is 3.29. The largest absolute Gasteiger partial charge is 0.452 e. The fourth-order valence-corrected chi connectivity index (χ4v) is 3.05. The average Bonchev–Trinajstić information content (AvgIpc) is 3.11. The van der Waals surface area contributed by atoms with Gasteiger partial charge in [0.15, 0.2) is 12.4 Å². The highest BCUT2D eigenvalue weighted by molar-refractivity contribution is 6.06. The SMILES string of the molecule is Cc1noc(COC(=O)c2c(C)c(-c3ccccc3)nc3ccccc23)n1. The monoisotopic (exact) mass is 359 g/mol. The van der Waals surface area contributed by atoms with Crippen LogP contribution < -0.4 is 0 Å². The third-order valence-electron chi connectivity index (χ3n) is 4.28. The van der Waals surface area contributed by atoms with Crippen LogP contribution in [0.5, 0.6) is 0 Å². The number of benzene rings is 2. The first-order valence-electron chi connectivity index (χ1n) is 8.54. The zero-order valence-corrected chi connectivity index (χ0v) is 15.0. The summed E-state index contributed by atoms with van der Waals surface area (Å²) in [6, 6.07) is 17.3. The third-order valence-corrected chi connectivity index (χ3v) is 4.28. The van der Waals surface area contributed by atoms with Crippen LogP contribution in [-0.4, -0.2) is 21.1 Å². The Morgan fingerprint density at radius 1 is 1.00 bits per heavy atom. The van der Waals surface area contributed by atoms with E-state index in [9.17, 15) is 4.79 Å². The van der Waals surface area contributed by atoms with E-state index in [4.69, 9.17) is 14.2 Å². The van der Waals surface area contributed by atoms with Gasteiger partial charge in [0.25, 0.3) is 5.89 Å². The van der Waals surface area contributed by atoms with Crippen LogP contribution in [0.1, 0.15) is 27.6 Å². The van der Waals surface area contributed by atoms with Crippen molar-refractivity contribution in [3.8, 4) is 11.3 Å². The van der Waals surface area contributed by atoms with Crippen molar-refractivity contribution in [1.29, 1.82) is 0 Å². The van der Waals surface area contributed by atoms with Crippen molar-refractivity contribution in [1.82, 2.24) is 15.1 Å². The predicted molar refractivity (Wildman–Crippen MR) is 100 cm³/mol. The highest BCUT2D eigenvalue weighted by atomic mass is 16.6. The molecule has 0 unspecified atom stereocenters. The molecule has 27 heavy (non-hydrogen) atoms. The Morgan fingerprint density at radius 2 is 1.74 bits per heavy atom. The Kier molecular flexibility index (Phi) is 4.38. The second-order valence-corrected chi connectivity index (χ2v) is 6.16. The molecule has 0 radical (unpaired) electrons. The Bertz CT molecular complexity index is 1120. The number of nitrogens with zero attached hydrogens (tertiary/aromatic N) is 3. The van der Waals surface area contributed by atoms with E-state index in [1.807, 2.05) is 61.5 Å². The Balaban J connectivity index is 1.78. The smallest absolute Gasteiger partial charge is 0.339 e. The topological polar surface area (TPSA) is 78.1 Å². The lowest BCUT2D eigenvalue weighted by molar-refractivity contribution is 0.0431. The minimum atomic E-state index is -0.445. The van der Waals surface area contributed by atoms with Gasteiger partial charge in [0.05, 0.1) is 16.8 Å². The van der Waals surface area contributed by atoms with Crippen LogP contribution >= 0.6 is 0 Å². The summed E-state index contributed by atoms with van der Waals surface area (Å²) < 4.78 is 10.5. The van der Waals surface area contributed by atoms with Crippen LogP contribution in [0.15, 0.2) is 59.1 Å². The summed E-state index contributed by atoms with van der Waals surface area (Å²) in [5.41, 5.74) is 3.71. The zero-order chi connectivity index (χ0) is 18.8. The van der Waals surface area contributed by atoms with Crippen molar-refractivity contribution in [2.75, 3.05) is 0 Å². The molecule has 0 aliphatic heterocycles. The summed E-state index contributed by atoms with van der Waals surface area (Å²) in [6.07, 6.45) is 0. The van der Waals surface area contributed by atoms with Gasteiger partial charge in [-0.15, -0.1) is 0 Å². The molecule has 6 nitrogen and oxygen atoms in total. The molecular weight excluding hydrogens is 342 g/mol. The van der Waals surface area contributed by atoms with Crippen LogP contribution in [0.25, 0.3) is 22.2 Å². The highest BCUT2D eigenvalue weighted by Gasteiger charge is 2.20. The Labute approximate surface area is 155 Å². The Hall–Kier alpha value is -3.54. The number of carbonyl (C=O) groups is 1. The second kappa shape index (κ2) is 6.99. The highest BCUT2D eigenvalue weighted by Crippen LogP contribution is 2.30. The van der Waals surface area contributed by atoms with Crippen molar-refractivity contribution < 1.29 is 14.1 Å². The average molecular weight is 359 g/mol. The Morgan fingerprint density at radius 3 is 2.48 bits per heavy atom. The lowest BCUT2D eigenvalue weighted by Crippen LogP contribution is -2.10.